The van der Waals surface area contributed by atoms with Crippen molar-refractivity contribution in [3.05, 3.63) is 23.8 Å². The number of rotatable bonds is 2. The Kier molecular flexibility index (Phi) is 3.06. The Balaban J connectivity index is 2.29. The fraction of sp³-hybridized carbons (Fsp3) is 0.538. The van der Waals surface area contributed by atoms with E-state index < -0.39 is 0 Å². The molecule has 0 bridgehead atoms. The largest absolute Gasteiger partial charge is 0.399 e. The Hall–Kier alpha value is -1.22. The first-order valence-electron chi connectivity index (χ1n) is 5.86. The summed E-state index contributed by atoms with van der Waals surface area (Å²) in [6, 6.07) is 6.34. The number of nitrogens with two attached hydrogens (primary N) is 1. The first kappa shape index (κ1) is 11.3. The fourth-order valence-corrected chi connectivity index (χ4v) is 2.56. The molecule has 1 aliphatic heterocycles. The molecule has 0 aliphatic carbocycles. The summed E-state index contributed by atoms with van der Waals surface area (Å²) in [5, 5.41) is 9.43. The lowest BCUT2D eigenvalue weighted by atomic mass is 10.0. The zero-order valence-electron chi connectivity index (χ0n) is 9.98. The van der Waals surface area contributed by atoms with Crippen LogP contribution in [0.2, 0.25) is 0 Å². The van der Waals surface area contributed by atoms with Crippen LogP contribution in [0.5, 0.6) is 0 Å². The van der Waals surface area contributed by atoms with Crippen molar-refractivity contribution in [2.45, 2.75) is 26.3 Å². The molecule has 2 atom stereocenters. The maximum Gasteiger partial charge on any atom is 0.0637 e. The molecule has 0 saturated carbocycles. The molecule has 2 rings (SSSR count). The molecule has 0 aromatic heterocycles. The highest BCUT2D eigenvalue weighted by atomic mass is 16.3. The van der Waals surface area contributed by atoms with Gasteiger partial charge in [-0.1, -0.05) is 6.92 Å². The Morgan fingerprint density at radius 3 is 2.81 bits per heavy atom. The van der Waals surface area contributed by atoms with Crippen molar-refractivity contribution in [3.8, 4) is 0 Å². The van der Waals surface area contributed by atoms with Gasteiger partial charge in [0.2, 0.25) is 0 Å². The molecule has 3 heteroatoms. The molecule has 1 aromatic carbocycles. The quantitative estimate of drug-likeness (QED) is 0.747. The van der Waals surface area contributed by atoms with E-state index in [1.807, 2.05) is 19.1 Å². The minimum Gasteiger partial charge on any atom is -0.399 e. The molecule has 1 heterocycles. The lowest BCUT2D eigenvalue weighted by Gasteiger charge is -2.27. The van der Waals surface area contributed by atoms with E-state index in [-0.39, 0.29) is 12.6 Å². The number of nitrogens with zero attached hydrogens (tertiary/aromatic N) is 1. The number of aryl methyl sites for hydroxylation is 1. The third-order valence-electron chi connectivity index (χ3n) is 3.49. The molecular formula is C13H20N2O. The van der Waals surface area contributed by atoms with Crippen LogP contribution in [0.3, 0.4) is 0 Å². The van der Waals surface area contributed by atoms with E-state index in [0.29, 0.717) is 5.92 Å². The Labute approximate surface area is 96.9 Å². The van der Waals surface area contributed by atoms with E-state index in [1.165, 1.54) is 5.56 Å². The number of anilines is 2. The van der Waals surface area contributed by atoms with Gasteiger partial charge < -0.3 is 15.7 Å². The lowest BCUT2D eigenvalue weighted by molar-refractivity contribution is 0.245. The zero-order valence-corrected chi connectivity index (χ0v) is 9.98. The van der Waals surface area contributed by atoms with Crippen LogP contribution >= 0.6 is 0 Å². The summed E-state index contributed by atoms with van der Waals surface area (Å²) in [6.45, 7) is 5.47. The smallest absolute Gasteiger partial charge is 0.0637 e. The number of hydrogen-bond donors (Lipinski definition) is 2. The second-order valence-corrected chi connectivity index (χ2v) is 4.81. The molecule has 1 aliphatic rings. The van der Waals surface area contributed by atoms with Gasteiger partial charge in [0.15, 0.2) is 0 Å². The highest BCUT2D eigenvalue weighted by Gasteiger charge is 2.30. The van der Waals surface area contributed by atoms with Gasteiger partial charge >= 0.3 is 0 Å². The second kappa shape index (κ2) is 4.34. The SMILES string of the molecule is Cc1cc(N)cc(N2CCC(C)C2CO)c1. The summed E-state index contributed by atoms with van der Waals surface area (Å²) in [6.07, 6.45) is 1.14. The van der Waals surface area contributed by atoms with Crippen LogP contribution in [-0.2, 0) is 0 Å². The predicted molar refractivity (Wildman–Crippen MR) is 67.6 cm³/mol. The van der Waals surface area contributed by atoms with Gasteiger partial charge in [-0.05, 0) is 43.0 Å². The molecular weight excluding hydrogens is 200 g/mol. The Morgan fingerprint density at radius 1 is 1.44 bits per heavy atom. The van der Waals surface area contributed by atoms with E-state index in [0.717, 1.165) is 24.3 Å². The molecule has 16 heavy (non-hydrogen) atoms. The van der Waals surface area contributed by atoms with Crippen molar-refractivity contribution in [1.29, 1.82) is 0 Å². The fourth-order valence-electron chi connectivity index (χ4n) is 2.56. The summed E-state index contributed by atoms with van der Waals surface area (Å²) in [4.78, 5) is 2.27. The maximum atomic E-state index is 9.43. The topological polar surface area (TPSA) is 49.5 Å². The van der Waals surface area contributed by atoms with Crippen LogP contribution in [0.4, 0.5) is 11.4 Å². The van der Waals surface area contributed by atoms with Gasteiger partial charge in [0.1, 0.15) is 0 Å². The van der Waals surface area contributed by atoms with E-state index in [1.54, 1.807) is 0 Å². The van der Waals surface area contributed by atoms with Crippen LogP contribution < -0.4 is 10.6 Å². The third kappa shape index (κ3) is 2.00. The second-order valence-electron chi connectivity index (χ2n) is 4.81. The van der Waals surface area contributed by atoms with Crippen LogP contribution in [0, 0.1) is 12.8 Å². The van der Waals surface area contributed by atoms with Gasteiger partial charge in [-0.2, -0.15) is 0 Å². The molecule has 1 fully saturated rings. The van der Waals surface area contributed by atoms with Crippen molar-refractivity contribution in [3.63, 3.8) is 0 Å². The first-order chi connectivity index (χ1) is 7.61. The van der Waals surface area contributed by atoms with Gasteiger partial charge in [-0.3, -0.25) is 0 Å². The van der Waals surface area contributed by atoms with E-state index in [2.05, 4.69) is 17.9 Å². The average molecular weight is 220 g/mol. The van der Waals surface area contributed by atoms with Crippen molar-refractivity contribution in [2.24, 2.45) is 5.92 Å². The number of benzene rings is 1. The third-order valence-corrected chi connectivity index (χ3v) is 3.49. The lowest BCUT2D eigenvalue weighted by Crippen LogP contribution is -2.35. The zero-order chi connectivity index (χ0) is 11.7. The van der Waals surface area contributed by atoms with Crippen molar-refractivity contribution in [2.75, 3.05) is 23.8 Å². The number of nitrogen functional groups attached to an aromatic ring is 1. The molecule has 1 aromatic rings. The van der Waals surface area contributed by atoms with Gasteiger partial charge in [0.25, 0.3) is 0 Å². The van der Waals surface area contributed by atoms with Gasteiger partial charge in [-0.15, -0.1) is 0 Å². The number of aliphatic hydroxyl groups excluding tert-OH is 1. The maximum absolute atomic E-state index is 9.43. The highest BCUT2D eigenvalue weighted by molar-refractivity contribution is 5.59. The van der Waals surface area contributed by atoms with Crippen molar-refractivity contribution >= 4 is 11.4 Å². The highest BCUT2D eigenvalue weighted by Crippen LogP contribution is 2.31. The molecule has 0 radical (unpaired) electrons. The Bertz CT molecular complexity index is 358. The minimum absolute atomic E-state index is 0.217. The summed E-state index contributed by atoms with van der Waals surface area (Å²) in [5.41, 5.74) is 8.97. The molecule has 3 nitrogen and oxygen atoms in total. The summed E-state index contributed by atoms with van der Waals surface area (Å²) in [7, 11) is 0. The van der Waals surface area contributed by atoms with Crippen molar-refractivity contribution < 1.29 is 5.11 Å². The minimum atomic E-state index is 0.217. The number of aliphatic hydroxyl groups is 1. The molecule has 88 valence electrons. The predicted octanol–water partition coefficient (Wildman–Crippen LogP) is 1.78. The summed E-state index contributed by atoms with van der Waals surface area (Å²) in [5.74, 6) is 0.548. The van der Waals surface area contributed by atoms with E-state index >= 15 is 0 Å². The molecule has 2 unspecified atom stereocenters. The van der Waals surface area contributed by atoms with Crippen molar-refractivity contribution in [1.82, 2.24) is 0 Å². The van der Waals surface area contributed by atoms with Gasteiger partial charge in [-0.25, -0.2) is 0 Å². The van der Waals surface area contributed by atoms with Crippen LogP contribution in [0.25, 0.3) is 0 Å². The van der Waals surface area contributed by atoms with Gasteiger partial charge in [0, 0.05) is 17.9 Å². The van der Waals surface area contributed by atoms with Crippen LogP contribution in [0.1, 0.15) is 18.9 Å². The summed E-state index contributed by atoms with van der Waals surface area (Å²) >= 11 is 0. The standard InChI is InChI=1S/C13H20N2O/c1-9-5-11(14)7-12(6-9)15-4-3-10(2)13(15)8-16/h5-7,10,13,16H,3-4,8,14H2,1-2H3. The molecule has 3 N–H and O–H groups in total. The molecule has 0 amide bonds. The summed E-state index contributed by atoms with van der Waals surface area (Å²) < 4.78 is 0. The van der Waals surface area contributed by atoms with E-state index in [4.69, 9.17) is 5.73 Å². The normalized spacial score (nSPS) is 25.1. The Morgan fingerprint density at radius 2 is 2.19 bits per heavy atom. The van der Waals surface area contributed by atoms with Crippen LogP contribution in [-0.4, -0.2) is 24.3 Å². The average Bonchev–Trinajstić information content (AvgIpc) is 2.58. The van der Waals surface area contributed by atoms with E-state index in [9.17, 15) is 5.11 Å². The first-order valence-corrected chi connectivity index (χ1v) is 5.86. The monoisotopic (exact) mass is 220 g/mol. The van der Waals surface area contributed by atoms with Crippen LogP contribution in [0.15, 0.2) is 18.2 Å². The molecule has 1 saturated heterocycles. The molecule has 0 spiro atoms. The van der Waals surface area contributed by atoms with Gasteiger partial charge in [0.05, 0.1) is 12.6 Å². The number of hydrogen-bond acceptors (Lipinski definition) is 3.